The molecule has 1 heterocycles. The van der Waals surface area contributed by atoms with Crippen LogP contribution in [0.5, 0.6) is 0 Å². The highest BCUT2D eigenvalue weighted by Crippen LogP contribution is 2.23. The van der Waals surface area contributed by atoms with E-state index in [0.29, 0.717) is 5.92 Å². The third kappa shape index (κ3) is 2.68. The van der Waals surface area contributed by atoms with Crippen molar-refractivity contribution >= 4 is 0 Å². The van der Waals surface area contributed by atoms with Crippen molar-refractivity contribution in [1.29, 1.82) is 5.26 Å². The van der Waals surface area contributed by atoms with Crippen LogP contribution in [0.3, 0.4) is 0 Å². The summed E-state index contributed by atoms with van der Waals surface area (Å²) in [5.41, 5.74) is 6.04. The van der Waals surface area contributed by atoms with E-state index in [4.69, 9.17) is 15.7 Å². The summed E-state index contributed by atoms with van der Waals surface area (Å²) in [5, 5.41) is 8.87. The van der Waals surface area contributed by atoms with E-state index in [1.165, 1.54) is 0 Å². The second-order valence-corrected chi connectivity index (χ2v) is 3.67. The summed E-state index contributed by atoms with van der Waals surface area (Å²) < 4.78 is 5.26. The van der Waals surface area contributed by atoms with E-state index in [0.717, 1.165) is 32.5 Å². The first-order valence-electron chi connectivity index (χ1n) is 5.02. The van der Waals surface area contributed by atoms with Crippen LogP contribution in [0.25, 0.3) is 0 Å². The van der Waals surface area contributed by atoms with Gasteiger partial charge in [0.15, 0.2) is 0 Å². The van der Waals surface area contributed by atoms with Crippen LogP contribution in [0.4, 0.5) is 0 Å². The molecule has 0 bridgehead atoms. The van der Waals surface area contributed by atoms with Crippen LogP contribution in [0.15, 0.2) is 0 Å². The molecule has 74 valence electrons. The highest BCUT2D eigenvalue weighted by atomic mass is 16.5. The molecule has 1 rings (SSSR count). The molecule has 3 nitrogen and oxygen atoms in total. The van der Waals surface area contributed by atoms with Gasteiger partial charge in [-0.15, -0.1) is 0 Å². The summed E-state index contributed by atoms with van der Waals surface area (Å²) in [6, 6.07) is 2.32. The molecule has 0 spiro atoms. The molecule has 0 radical (unpaired) electrons. The van der Waals surface area contributed by atoms with E-state index < -0.39 is 0 Å². The van der Waals surface area contributed by atoms with Gasteiger partial charge in [-0.3, -0.25) is 0 Å². The Morgan fingerprint density at radius 3 is 2.62 bits per heavy atom. The zero-order chi connectivity index (χ0) is 9.68. The summed E-state index contributed by atoms with van der Waals surface area (Å²) in [6.07, 6.45) is 2.88. The van der Waals surface area contributed by atoms with Gasteiger partial charge < -0.3 is 10.5 Å². The minimum absolute atomic E-state index is 0.0168. The highest BCUT2D eigenvalue weighted by molar-refractivity contribution is 4.93. The quantitative estimate of drug-likeness (QED) is 0.715. The molecule has 0 aromatic rings. The highest BCUT2D eigenvalue weighted by Gasteiger charge is 2.26. The van der Waals surface area contributed by atoms with Crippen molar-refractivity contribution in [3.05, 3.63) is 0 Å². The van der Waals surface area contributed by atoms with Gasteiger partial charge >= 0.3 is 0 Å². The van der Waals surface area contributed by atoms with Crippen LogP contribution in [0.2, 0.25) is 0 Å². The molecule has 1 saturated heterocycles. The Kier molecular flexibility index (Phi) is 4.20. The van der Waals surface area contributed by atoms with Gasteiger partial charge in [0.2, 0.25) is 0 Å². The second-order valence-electron chi connectivity index (χ2n) is 3.67. The maximum absolute atomic E-state index is 8.87. The summed E-state index contributed by atoms with van der Waals surface area (Å²) in [5.74, 6) is 0.501. The Balaban J connectivity index is 2.44. The molecule has 1 aliphatic rings. The molecule has 2 N–H and O–H groups in total. The standard InChI is InChI=1S/C10H18N2O/c1-2-8(7-11)10(12)9-3-5-13-6-4-9/h8-10H,2-6,12H2,1H3. The fourth-order valence-corrected chi connectivity index (χ4v) is 1.88. The molecule has 2 atom stereocenters. The molecular weight excluding hydrogens is 164 g/mol. The van der Waals surface area contributed by atoms with Crippen molar-refractivity contribution in [2.24, 2.45) is 17.6 Å². The summed E-state index contributed by atoms with van der Waals surface area (Å²) in [6.45, 7) is 3.63. The predicted octanol–water partition coefficient (Wildman–Crippen LogP) is 1.29. The van der Waals surface area contributed by atoms with Gasteiger partial charge in [-0.05, 0) is 25.2 Å². The van der Waals surface area contributed by atoms with Crippen LogP contribution in [0, 0.1) is 23.2 Å². The van der Waals surface area contributed by atoms with E-state index in [2.05, 4.69) is 6.07 Å². The number of nitriles is 1. The smallest absolute Gasteiger partial charge is 0.0672 e. The van der Waals surface area contributed by atoms with Gasteiger partial charge in [0.25, 0.3) is 0 Å². The van der Waals surface area contributed by atoms with Crippen molar-refractivity contribution in [2.75, 3.05) is 13.2 Å². The summed E-state index contributed by atoms with van der Waals surface area (Å²) in [4.78, 5) is 0. The number of nitrogens with two attached hydrogens (primary N) is 1. The van der Waals surface area contributed by atoms with E-state index in [1.807, 2.05) is 6.92 Å². The lowest BCUT2D eigenvalue weighted by atomic mass is 9.83. The number of nitrogens with zero attached hydrogens (tertiary/aromatic N) is 1. The third-order valence-corrected chi connectivity index (χ3v) is 2.88. The average molecular weight is 182 g/mol. The Morgan fingerprint density at radius 1 is 1.54 bits per heavy atom. The van der Waals surface area contributed by atoms with Gasteiger partial charge in [0.1, 0.15) is 0 Å². The monoisotopic (exact) mass is 182 g/mol. The molecule has 0 aliphatic carbocycles. The normalized spacial score (nSPS) is 23.5. The van der Waals surface area contributed by atoms with Gasteiger partial charge in [-0.25, -0.2) is 0 Å². The van der Waals surface area contributed by atoms with Gasteiger partial charge in [0, 0.05) is 19.3 Å². The fourth-order valence-electron chi connectivity index (χ4n) is 1.88. The van der Waals surface area contributed by atoms with Gasteiger partial charge in [0.05, 0.1) is 12.0 Å². The molecule has 0 aromatic heterocycles. The maximum atomic E-state index is 8.87. The Labute approximate surface area is 79.9 Å². The first-order chi connectivity index (χ1) is 6.29. The third-order valence-electron chi connectivity index (χ3n) is 2.88. The molecule has 3 heteroatoms. The molecule has 1 aliphatic heterocycles. The number of rotatable bonds is 3. The lowest BCUT2D eigenvalue weighted by Crippen LogP contribution is -2.39. The molecule has 2 unspecified atom stereocenters. The predicted molar refractivity (Wildman–Crippen MR) is 50.9 cm³/mol. The van der Waals surface area contributed by atoms with Crippen LogP contribution in [-0.2, 0) is 4.74 Å². The van der Waals surface area contributed by atoms with Gasteiger partial charge in [-0.1, -0.05) is 6.92 Å². The zero-order valence-electron chi connectivity index (χ0n) is 8.20. The minimum atomic E-state index is 0.0168. The first-order valence-corrected chi connectivity index (χ1v) is 5.02. The van der Waals surface area contributed by atoms with Crippen LogP contribution in [-0.4, -0.2) is 19.3 Å². The van der Waals surface area contributed by atoms with Crippen LogP contribution in [0.1, 0.15) is 26.2 Å². The van der Waals surface area contributed by atoms with Crippen LogP contribution >= 0.6 is 0 Å². The molecule has 0 amide bonds. The van der Waals surface area contributed by atoms with Gasteiger partial charge in [-0.2, -0.15) is 5.26 Å². The topological polar surface area (TPSA) is 59.0 Å². The van der Waals surface area contributed by atoms with E-state index in [-0.39, 0.29) is 12.0 Å². The fraction of sp³-hybridized carbons (Fsp3) is 0.900. The lowest BCUT2D eigenvalue weighted by molar-refractivity contribution is 0.0539. The Bertz CT molecular complexity index is 182. The number of ether oxygens (including phenoxy) is 1. The lowest BCUT2D eigenvalue weighted by Gasteiger charge is -2.29. The summed E-state index contributed by atoms with van der Waals surface area (Å²) in [7, 11) is 0. The van der Waals surface area contributed by atoms with Crippen molar-refractivity contribution < 1.29 is 4.74 Å². The first kappa shape index (κ1) is 10.5. The van der Waals surface area contributed by atoms with E-state index in [1.54, 1.807) is 0 Å². The van der Waals surface area contributed by atoms with Crippen molar-refractivity contribution in [3.63, 3.8) is 0 Å². The molecule has 1 fully saturated rings. The number of hydrogen-bond donors (Lipinski definition) is 1. The maximum Gasteiger partial charge on any atom is 0.0672 e. The van der Waals surface area contributed by atoms with Crippen molar-refractivity contribution in [3.8, 4) is 6.07 Å². The summed E-state index contributed by atoms with van der Waals surface area (Å²) >= 11 is 0. The largest absolute Gasteiger partial charge is 0.381 e. The molecular formula is C10H18N2O. The molecule has 0 aromatic carbocycles. The van der Waals surface area contributed by atoms with E-state index >= 15 is 0 Å². The Hall–Kier alpha value is -0.590. The number of hydrogen-bond acceptors (Lipinski definition) is 3. The average Bonchev–Trinajstić information content (AvgIpc) is 2.21. The SMILES string of the molecule is CCC(C#N)C(N)C1CCOCC1. The molecule has 13 heavy (non-hydrogen) atoms. The van der Waals surface area contributed by atoms with Crippen molar-refractivity contribution in [2.45, 2.75) is 32.2 Å². The van der Waals surface area contributed by atoms with E-state index in [9.17, 15) is 0 Å². The Morgan fingerprint density at radius 2 is 2.15 bits per heavy atom. The second kappa shape index (κ2) is 5.21. The van der Waals surface area contributed by atoms with Crippen molar-refractivity contribution in [1.82, 2.24) is 0 Å². The molecule has 0 saturated carbocycles. The zero-order valence-corrected chi connectivity index (χ0v) is 8.20. The minimum Gasteiger partial charge on any atom is -0.381 e. The van der Waals surface area contributed by atoms with Crippen LogP contribution < -0.4 is 5.73 Å².